The van der Waals surface area contributed by atoms with Crippen LogP contribution >= 0.6 is 11.6 Å². The average Bonchev–Trinajstić information content (AvgIpc) is 2.40. The van der Waals surface area contributed by atoms with Gasteiger partial charge >= 0.3 is 5.97 Å². The highest BCUT2D eigenvalue weighted by Crippen LogP contribution is 2.10. The molecule has 1 N–H and O–H groups in total. The van der Waals surface area contributed by atoms with E-state index in [1.807, 2.05) is 0 Å². The van der Waals surface area contributed by atoms with Crippen LogP contribution in [-0.2, 0) is 24.3 Å². The van der Waals surface area contributed by atoms with E-state index in [0.29, 0.717) is 5.02 Å². The maximum Gasteiger partial charge on any atom is 0.323 e. The van der Waals surface area contributed by atoms with E-state index in [1.54, 1.807) is 0 Å². The van der Waals surface area contributed by atoms with Crippen molar-refractivity contribution in [2.45, 2.75) is 13.0 Å². The topological polar surface area (TPSA) is 106 Å². The summed E-state index contributed by atoms with van der Waals surface area (Å²) in [5.41, 5.74) is 0. The van der Waals surface area contributed by atoms with Gasteiger partial charge in [-0.2, -0.15) is 0 Å². The number of nitrogens with one attached hydrogen (secondary N) is 1. The molecule has 0 saturated carbocycles. The van der Waals surface area contributed by atoms with Gasteiger partial charge in [-0.3, -0.25) is 9.59 Å². The SMILES string of the molecule is C[C@H](OC(=O)CS(=O)(=O)N(C)C)C(=O)Nc1ccc(Cl)cn1. The Kier molecular flexibility index (Phi) is 6.27. The lowest BCUT2D eigenvalue weighted by Gasteiger charge is -2.14. The summed E-state index contributed by atoms with van der Waals surface area (Å²) in [6.45, 7) is 1.32. The van der Waals surface area contributed by atoms with Gasteiger partial charge in [0.2, 0.25) is 10.0 Å². The van der Waals surface area contributed by atoms with E-state index in [-0.39, 0.29) is 5.82 Å². The molecule has 1 rings (SSSR count). The van der Waals surface area contributed by atoms with Gasteiger partial charge in [0.15, 0.2) is 11.9 Å². The Morgan fingerprint density at radius 3 is 2.55 bits per heavy atom. The molecule has 0 aliphatic rings. The van der Waals surface area contributed by atoms with Crippen LogP contribution in [0.25, 0.3) is 0 Å². The van der Waals surface area contributed by atoms with Gasteiger partial charge in [-0.05, 0) is 19.1 Å². The van der Waals surface area contributed by atoms with Crippen molar-refractivity contribution in [2.24, 2.45) is 0 Å². The number of esters is 1. The number of aromatic nitrogens is 1. The minimum Gasteiger partial charge on any atom is -0.452 e. The standard InChI is InChI=1S/C12H16ClN3O5S/c1-8(21-11(17)7-22(19,20)16(2)3)12(18)15-10-5-4-9(13)6-14-10/h4-6,8H,7H2,1-3H3,(H,14,15,18)/t8-/m0/s1. The number of halogens is 1. The molecule has 22 heavy (non-hydrogen) atoms. The van der Waals surface area contributed by atoms with Crippen molar-refractivity contribution in [3.8, 4) is 0 Å². The van der Waals surface area contributed by atoms with Crippen LogP contribution in [0.1, 0.15) is 6.92 Å². The second-order valence-corrected chi connectivity index (χ2v) is 7.14. The lowest BCUT2D eigenvalue weighted by Crippen LogP contribution is -2.35. The summed E-state index contributed by atoms with van der Waals surface area (Å²) in [5.74, 6) is -2.25. The molecule has 122 valence electrons. The minimum atomic E-state index is -3.73. The van der Waals surface area contributed by atoms with E-state index >= 15 is 0 Å². The average molecular weight is 350 g/mol. The molecule has 0 radical (unpaired) electrons. The van der Waals surface area contributed by atoms with E-state index in [0.717, 1.165) is 4.31 Å². The van der Waals surface area contributed by atoms with Crippen LogP contribution in [0.2, 0.25) is 5.02 Å². The van der Waals surface area contributed by atoms with E-state index in [2.05, 4.69) is 10.3 Å². The van der Waals surface area contributed by atoms with Crippen LogP contribution < -0.4 is 5.32 Å². The van der Waals surface area contributed by atoms with Gasteiger partial charge in [0.05, 0.1) is 5.02 Å². The fourth-order valence-corrected chi connectivity index (χ4v) is 1.98. The number of rotatable bonds is 6. The number of carbonyl (C=O) groups is 2. The van der Waals surface area contributed by atoms with Gasteiger partial charge in [0, 0.05) is 20.3 Å². The zero-order chi connectivity index (χ0) is 16.9. The fourth-order valence-electron chi connectivity index (χ4n) is 1.24. The van der Waals surface area contributed by atoms with Gasteiger partial charge in [0.25, 0.3) is 5.91 Å². The molecule has 1 aromatic heterocycles. The van der Waals surface area contributed by atoms with Crippen molar-refractivity contribution < 1.29 is 22.7 Å². The van der Waals surface area contributed by atoms with Gasteiger partial charge in [0.1, 0.15) is 5.82 Å². The lowest BCUT2D eigenvalue weighted by atomic mass is 10.3. The molecule has 0 aliphatic heterocycles. The summed E-state index contributed by atoms with van der Waals surface area (Å²) in [4.78, 5) is 27.2. The van der Waals surface area contributed by atoms with E-state index in [4.69, 9.17) is 16.3 Å². The number of carbonyl (C=O) groups excluding carboxylic acids is 2. The first kappa shape index (κ1) is 18.3. The molecule has 10 heteroatoms. The Labute approximate surface area is 133 Å². The zero-order valence-corrected chi connectivity index (χ0v) is 13.8. The summed E-state index contributed by atoms with van der Waals surface area (Å²) in [7, 11) is -1.14. The number of hydrogen-bond acceptors (Lipinski definition) is 6. The second-order valence-electron chi connectivity index (χ2n) is 4.52. The maximum absolute atomic E-state index is 11.8. The highest BCUT2D eigenvalue weighted by Gasteiger charge is 2.24. The Morgan fingerprint density at radius 1 is 1.41 bits per heavy atom. The van der Waals surface area contributed by atoms with Crippen molar-refractivity contribution >= 4 is 39.3 Å². The summed E-state index contributed by atoms with van der Waals surface area (Å²) >= 11 is 5.66. The monoisotopic (exact) mass is 349 g/mol. The highest BCUT2D eigenvalue weighted by atomic mass is 35.5. The molecule has 0 unspecified atom stereocenters. The summed E-state index contributed by atoms with van der Waals surface area (Å²) < 4.78 is 28.7. The summed E-state index contributed by atoms with van der Waals surface area (Å²) in [5, 5.41) is 2.82. The lowest BCUT2D eigenvalue weighted by molar-refractivity contribution is -0.150. The van der Waals surface area contributed by atoms with Crippen LogP contribution in [0, 0.1) is 0 Å². The third-order valence-electron chi connectivity index (χ3n) is 2.51. The van der Waals surface area contributed by atoms with Gasteiger partial charge in [-0.25, -0.2) is 17.7 Å². The van der Waals surface area contributed by atoms with Crippen molar-refractivity contribution in [2.75, 3.05) is 25.2 Å². The molecule has 0 bridgehead atoms. The summed E-state index contributed by atoms with van der Waals surface area (Å²) in [6, 6.07) is 3.01. The molecule has 0 saturated heterocycles. The van der Waals surface area contributed by atoms with Crippen LogP contribution in [0.5, 0.6) is 0 Å². The second kappa shape index (κ2) is 7.52. The van der Waals surface area contributed by atoms with Gasteiger partial charge < -0.3 is 10.1 Å². The Morgan fingerprint density at radius 2 is 2.05 bits per heavy atom. The van der Waals surface area contributed by atoms with Crippen LogP contribution in [0.15, 0.2) is 18.3 Å². The number of nitrogens with zero attached hydrogens (tertiary/aromatic N) is 2. The number of amides is 1. The van der Waals surface area contributed by atoms with Crippen LogP contribution in [-0.4, -0.2) is 55.5 Å². The molecule has 8 nitrogen and oxygen atoms in total. The number of hydrogen-bond donors (Lipinski definition) is 1. The molecule has 0 spiro atoms. The third-order valence-corrected chi connectivity index (χ3v) is 4.45. The fraction of sp³-hybridized carbons (Fsp3) is 0.417. The number of sulfonamides is 1. The minimum absolute atomic E-state index is 0.234. The third kappa shape index (κ3) is 5.58. The molecule has 1 atom stereocenters. The van der Waals surface area contributed by atoms with E-state index < -0.39 is 33.8 Å². The zero-order valence-electron chi connectivity index (χ0n) is 12.2. The number of ether oxygens (including phenoxy) is 1. The molecule has 1 amide bonds. The van der Waals surface area contributed by atoms with E-state index in [1.165, 1.54) is 39.3 Å². The Balaban J connectivity index is 2.57. The maximum atomic E-state index is 11.8. The van der Waals surface area contributed by atoms with Gasteiger partial charge in [-0.15, -0.1) is 0 Å². The van der Waals surface area contributed by atoms with Crippen molar-refractivity contribution in [3.05, 3.63) is 23.4 Å². The quantitative estimate of drug-likeness (QED) is 0.749. The first-order valence-corrected chi connectivity index (χ1v) is 8.12. The predicted octanol–water partition coefficient (Wildman–Crippen LogP) is 0.497. The normalized spacial score (nSPS) is 12.8. The molecular weight excluding hydrogens is 334 g/mol. The van der Waals surface area contributed by atoms with Crippen molar-refractivity contribution in [1.29, 1.82) is 0 Å². The smallest absolute Gasteiger partial charge is 0.323 e. The van der Waals surface area contributed by atoms with Crippen LogP contribution in [0.3, 0.4) is 0 Å². The molecule has 1 heterocycles. The predicted molar refractivity (Wildman–Crippen MR) is 80.9 cm³/mol. The number of anilines is 1. The first-order chi connectivity index (χ1) is 10.1. The van der Waals surface area contributed by atoms with Crippen molar-refractivity contribution in [1.82, 2.24) is 9.29 Å². The molecule has 0 aliphatic carbocycles. The van der Waals surface area contributed by atoms with Crippen molar-refractivity contribution in [3.63, 3.8) is 0 Å². The highest BCUT2D eigenvalue weighted by molar-refractivity contribution is 7.89. The molecular formula is C12H16ClN3O5S. The Bertz CT molecular complexity index is 645. The molecule has 1 aromatic rings. The van der Waals surface area contributed by atoms with E-state index in [9.17, 15) is 18.0 Å². The van der Waals surface area contributed by atoms with Crippen LogP contribution in [0.4, 0.5) is 5.82 Å². The Hall–Kier alpha value is -1.71. The first-order valence-electron chi connectivity index (χ1n) is 6.14. The summed E-state index contributed by atoms with van der Waals surface area (Å²) in [6.07, 6.45) is 0.180. The van der Waals surface area contributed by atoms with Gasteiger partial charge in [-0.1, -0.05) is 11.6 Å². The largest absolute Gasteiger partial charge is 0.452 e. The molecule has 0 aromatic carbocycles. The molecule has 0 fully saturated rings. The number of pyridine rings is 1.